The van der Waals surface area contributed by atoms with Gasteiger partial charge in [-0.3, -0.25) is 38.8 Å². The minimum absolute atomic E-state index is 0. The molecule has 16 heteroatoms. The van der Waals surface area contributed by atoms with Crippen molar-refractivity contribution in [1.29, 1.82) is 0 Å². The van der Waals surface area contributed by atoms with Crippen LogP contribution in [0.15, 0.2) is 48.3 Å². The van der Waals surface area contributed by atoms with E-state index in [-0.39, 0.29) is 49.3 Å². The van der Waals surface area contributed by atoms with E-state index in [1.807, 2.05) is 0 Å². The predicted molar refractivity (Wildman–Crippen MR) is 390 cm³/mol. The summed E-state index contributed by atoms with van der Waals surface area (Å²) in [5, 5.41) is 0. The van der Waals surface area contributed by atoms with Gasteiger partial charge in [0, 0.05) is 188 Å². The molecule has 10 atom stereocenters. The first-order chi connectivity index (χ1) is 76.6. The molecule has 97 heavy (non-hydrogen) atoms. The topological polar surface area (TPSA) is 155 Å². The number of carbonyl (C=O) groups is 4. The molecule has 4 saturated heterocycles. The van der Waals surface area contributed by atoms with Crippen molar-refractivity contribution >= 4 is 23.1 Å². The summed E-state index contributed by atoms with van der Waals surface area (Å²) in [7, 11) is -27.9. The first kappa shape index (κ1) is 23.2. The number of nitrogens with zero attached hydrogens (tertiary/aromatic N) is 4. The molecule has 10 unspecified atom stereocenters. The van der Waals surface area contributed by atoms with E-state index >= 15 is 0 Å². The van der Waals surface area contributed by atoms with Gasteiger partial charge in [-0.15, -0.1) is 0 Å². The molecule has 540 valence electrons. The average molecular weight is 1430 g/mol. The lowest BCUT2D eigenvalue weighted by molar-refractivity contribution is -0.130. The van der Waals surface area contributed by atoms with E-state index in [1.54, 1.807) is 13.8 Å². The van der Waals surface area contributed by atoms with Crippen LogP contribution in [-0.4, -0.2) is 151 Å². The molecule has 4 aromatic carbocycles. The Morgan fingerprint density at radius 3 is 1.10 bits per heavy atom. The summed E-state index contributed by atoms with van der Waals surface area (Å²) < 4.78 is 714. The molecule has 0 N–H and O–H groups in total. The first-order valence-electron chi connectivity index (χ1n) is 68.3. The summed E-state index contributed by atoms with van der Waals surface area (Å²) in [6.07, 6.45) is -42.3. The van der Waals surface area contributed by atoms with Crippen LogP contribution in [0, 0.1) is 47.2 Å². The number of Topliss-reactive ketones (excluding diaryl/α,β-unsaturated/α-hetero) is 4. The van der Waals surface area contributed by atoms with Gasteiger partial charge in [0.05, 0.1) is 106 Å². The van der Waals surface area contributed by atoms with Crippen molar-refractivity contribution in [2.24, 2.45) is 47.2 Å². The van der Waals surface area contributed by atoms with Crippen molar-refractivity contribution in [3.05, 3.63) is 92.8 Å². The van der Waals surface area contributed by atoms with Crippen molar-refractivity contribution < 1.29 is 169 Å². The molecule has 12 rings (SSSR count). The Balaban J connectivity index is 0.000000360. The summed E-state index contributed by atoms with van der Waals surface area (Å²) in [5.74, 6) is -39.9. The molecule has 16 nitrogen and oxygen atoms in total. The minimum atomic E-state index is -4.79. The van der Waals surface area contributed by atoms with Gasteiger partial charge >= 0.3 is 0 Å². The van der Waals surface area contributed by atoms with Gasteiger partial charge in [0.15, 0.2) is 46.0 Å². The molecule has 4 fully saturated rings. The fourth-order valence-electron chi connectivity index (χ4n) is 9.19. The summed E-state index contributed by atoms with van der Waals surface area (Å²) >= 11 is 0. The lowest BCUT2D eigenvalue weighted by atomic mass is 9.79. The quantitative estimate of drug-likeness (QED) is 0.0926. The van der Waals surface area contributed by atoms with Crippen molar-refractivity contribution in [2.75, 3.05) is 108 Å². The largest absolute Gasteiger partial charge is 0.493 e. The second-order valence-electron chi connectivity index (χ2n) is 20.6. The molecule has 8 aliphatic rings. The van der Waals surface area contributed by atoms with E-state index in [0.717, 1.165) is 0 Å². The van der Waals surface area contributed by atoms with Crippen molar-refractivity contribution in [2.45, 2.75) is 191 Å². The van der Waals surface area contributed by atoms with E-state index in [0.29, 0.717) is 13.8 Å². The highest BCUT2D eigenvalue weighted by atomic mass is 16.5. The van der Waals surface area contributed by atoms with E-state index in [1.165, 1.54) is 13.8 Å². The van der Waals surface area contributed by atoms with Crippen LogP contribution >= 0.6 is 0 Å². The van der Waals surface area contributed by atoms with Crippen LogP contribution in [0.5, 0.6) is 46.0 Å². The zero-order valence-electron chi connectivity index (χ0n) is 132. The Bertz CT molecular complexity index is 7070. The Morgan fingerprint density at radius 2 is 0.753 bits per heavy atom. The smallest absolute Gasteiger partial charge is 0.161 e. The number of carbonyl (C=O) groups excluding carboxylic acids is 4. The molecule has 0 aliphatic carbocycles. The highest BCUT2D eigenvalue weighted by Crippen LogP contribution is 2.48. The maximum atomic E-state index is 14.2. The van der Waals surface area contributed by atoms with Crippen LogP contribution in [0.25, 0.3) is 0 Å². The minimum Gasteiger partial charge on any atom is -0.493 e. The Morgan fingerprint density at radius 1 is 0.443 bits per heavy atom. The predicted octanol–water partition coefficient (Wildman–Crippen LogP) is 15.6. The van der Waals surface area contributed by atoms with E-state index in [4.69, 9.17) is 126 Å². The number of rotatable bonds is 18. The fraction of sp³-hybridized carbons (Fsp3) is 0.654. The maximum absolute atomic E-state index is 14.2. The van der Waals surface area contributed by atoms with E-state index < -0.39 is 437 Å². The molecule has 0 saturated carbocycles. The molecule has 8 heterocycles. The lowest BCUT2D eigenvalue weighted by Gasteiger charge is -2.43. The summed E-state index contributed by atoms with van der Waals surface area (Å²) in [6, 6.07) is -25.8. The average Bonchev–Trinajstić information content (AvgIpc) is 0.634. The van der Waals surface area contributed by atoms with E-state index in [2.05, 4.69) is 18.9 Å². The van der Waals surface area contributed by atoms with Crippen molar-refractivity contribution in [3.63, 3.8) is 0 Å². The van der Waals surface area contributed by atoms with Crippen LogP contribution in [0.1, 0.15) is 322 Å². The molecule has 0 radical (unpaired) electrons. The standard InChI is InChI=1S/2C20H29NO3.2C19H27NO3.3CH4/c2*1-5-13(2)8-15-12-21-7-6-14-9-19(23-3)20(24-4)10-16(14)17(21)11-18(15)22;2*1-12(2)7-14-11-20-6-5-13-8-18(22-3)19(23-4)9-15(13)16(20)10-17(14)21;;;/h2*9-10,13,15,17H,5-8,11-12H2,1-4H3;2*8-9,12,14,16H,5-7,10-11H2,1-4H3;3*1H4/i2D3,3D3,4D3,5D2,6D2,7D2,8D2,9D,10D,11D2,12D2,13D,15D,17D;2D3,3D3,4D3,5D2,6D2,7D2,8D2,9D,10D,12D2,13D,17D;3D3,4D3,5D2,6D2,8D,9D,10D2,11D2,14D,16D;3D3,4D3,5D2,6D2,8D,9D,11D2,16D;;;. The van der Waals surface area contributed by atoms with Gasteiger partial charge in [0.25, 0.3) is 0 Å². The fourth-order valence-corrected chi connectivity index (χ4v) is 9.19. The number of hydrogen-bond donors (Lipinski definition) is 0. The second kappa shape index (κ2) is 36.2. The summed E-state index contributed by atoms with van der Waals surface area (Å²) in [4.78, 5) is 53.6. The highest BCUT2D eigenvalue weighted by Gasteiger charge is 2.43. The maximum Gasteiger partial charge on any atom is 0.161 e. The zero-order valence-corrected chi connectivity index (χ0v) is 49.8. The van der Waals surface area contributed by atoms with E-state index in [9.17, 15) is 24.7 Å². The third-order valence-corrected chi connectivity index (χ3v) is 13.5. The first-order valence-corrected chi connectivity index (χ1v) is 27.3. The zero-order chi connectivity index (χ0) is 139. The number of piperidine rings is 4. The molecule has 0 spiro atoms. The van der Waals surface area contributed by atoms with Gasteiger partial charge < -0.3 is 37.9 Å². The van der Waals surface area contributed by atoms with Gasteiger partial charge in [-0.05, 0) is 168 Å². The molecular formula is C81H124N4O12. The van der Waals surface area contributed by atoms with Crippen LogP contribution < -0.4 is 37.9 Å². The third-order valence-electron chi connectivity index (χ3n) is 13.5. The van der Waals surface area contributed by atoms with Crippen LogP contribution in [0.3, 0.4) is 0 Å². The summed E-state index contributed by atoms with van der Waals surface area (Å²) in [5.41, 5.74) is -10.6. The number of fused-ring (bicyclic) bond motifs is 12. The Hall–Kier alpha value is -6.20. The van der Waals surface area contributed by atoms with Crippen LogP contribution in [0.4, 0.5) is 0 Å². The normalized spacial score (nSPS) is 50.6. The van der Waals surface area contributed by atoms with Gasteiger partial charge in [-0.25, -0.2) is 0 Å². The second-order valence-corrected chi connectivity index (χ2v) is 20.6. The molecular weight excluding hydrogens is 1220 g/mol. The highest BCUT2D eigenvalue weighted by molar-refractivity contribution is 5.85. The SMILES string of the molecule is C.C.C.[2H]c1c(OC([2H])([2H])[2H])c(OC([2H])([2H])[2H])c([2H])c2c1C([2H])([2H])C([2H])([2H])N1C([2H])([2H])C([2H])(C([2H])([2H])C([2H])(C([2H])([2H])[2H])C([2H])([2H])C)C(=O)C([2H])([2H])C21[2H].[2H]c1c(OC([2H])([2H])[2H])c(OC([2H])([2H])[2H])c([2H])c2c1C([2H])([2H])C([2H])([2H])N1C([2H])([2H])C([2H])(CC(C)C)C(=O)C([2H])([2H])C21[2H].[2H]c1c(OC([2H])([2H])[2H])c(OC([2H])([2H])[2H])c([2H])c2c1C1([2H])CC(=O)C(C([2H])([2H])C([2H])(C([2H])([2H])[2H])C([2H])([2H])C)C([2H])([2H])N1C([2H])([2H])C2([2H])[2H].[2H]c1c(OC([2H])([2H])[2H])c(OC([2H])([2H])[2H])c([2H])c2c1C1([2H])CC(=O)C(CC(C)C)C([2H])([2H])N1C([2H])([2H])C2([2H])[2H]. The molecule has 8 aliphatic heterocycles. The number of methoxy groups -OCH3 is 8. The van der Waals surface area contributed by atoms with Crippen LogP contribution in [-0.2, 0) is 44.7 Å². The number of ketones is 4. The molecule has 0 bridgehead atoms. The molecule has 0 aromatic heterocycles. The third kappa shape index (κ3) is 18.4. The molecule has 0 amide bonds. The number of hydrogen-bond acceptors (Lipinski definition) is 16. The Kier molecular flexibility index (Phi) is 8.65. The van der Waals surface area contributed by atoms with Gasteiger partial charge in [0.1, 0.15) is 23.1 Å². The number of benzene rings is 4. The number of ether oxygens (including phenoxy) is 8. The lowest BCUT2D eigenvalue weighted by Crippen LogP contribution is -2.46. The van der Waals surface area contributed by atoms with Crippen molar-refractivity contribution in [1.82, 2.24) is 19.6 Å². The van der Waals surface area contributed by atoms with Crippen LogP contribution in [0.2, 0.25) is 0 Å². The molecule has 4 aromatic rings. The Labute approximate surface area is 699 Å². The van der Waals surface area contributed by atoms with Crippen molar-refractivity contribution in [3.8, 4) is 46.0 Å². The monoisotopic (exact) mass is 1430 g/mol. The summed E-state index contributed by atoms with van der Waals surface area (Å²) in [6.45, 7) is -31.9. The van der Waals surface area contributed by atoms with Gasteiger partial charge in [-0.2, -0.15) is 0 Å². The van der Waals surface area contributed by atoms with Gasteiger partial charge in [-0.1, -0.05) is 90.3 Å². The van der Waals surface area contributed by atoms with Gasteiger partial charge in [0.2, 0.25) is 0 Å².